The number of pyridine rings is 1. The normalized spacial score (nSPS) is 10.6. The number of nitrogens with one attached hydrogen (secondary N) is 1. The van der Waals surface area contributed by atoms with Crippen LogP contribution in [-0.4, -0.2) is 9.97 Å². The van der Waals surface area contributed by atoms with E-state index in [9.17, 15) is 0 Å². The minimum atomic E-state index is 0.804. The lowest BCUT2D eigenvalue weighted by Gasteiger charge is -2.05. The lowest BCUT2D eigenvalue weighted by atomic mass is 10.2. The summed E-state index contributed by atoms with van der Waals surface area (Å²) in [4.78, 5) is 8.30. The van der Waals surface area contributed by atoms with Gasteiger partial charge in [0.2, 0.25) is 0 Å². The van der Waals surface area contributed by atoms with Crippen molar-refractivity contribution < 1.29 is 0 Å². The zero-order chi connectivity index (χ0) is 11.5. The van der Waals surface area contributed by atoms with Gasteiger partial charge in [-0.05, 0) is 35.9 Å². The van der Waals surface area contributed by atoms with E-state index in [0.29, 0.717) is 0 Å². The Kier molecular flexibility index (Phi) is 2.71. The van der Waals surface area contributed by atoms with Gasteiger partial charge in [0.05, 0.1) is 15.7 Å². The molecule has 0 amide bonds. The van der Waals surface area contributed by atoms with Crippen LogP contribution in [0.3, 0.4) is 0 Å². The monoisotopic (exact) mass is 241 g/mol. The molecule has 0 aliphatic rings. The van der Waals surface area contributed by atoms with Crippen molar-refractivity contribution in [3.63, 3.8) is 0 Å². The predicted molar refractivity (Wildman–Crippen MR) is 71.2 cm³/mol. The van der Waals surface area contributed by atoms with Crippen molar-refractivity contribution in [3.05, 3.63) is 53.8 Å². The molecular formula is C13H11N3S. The molecule has 3 rings (SSSR count). The minimum absolute atomic E-state index is 0.804. The highest BCUT2D eigenvalue weighted by Crippen LogP contribution is 2.21. The summed E-state index contributed by atoms with van der Waals surface area (Å²) in [5.41, 5.74) is 5.24. The topological polar surface area (TPSA) is 37.8 Å². The third kappa shape index (κ3) is 2.26. The number of fused-ring (bicyclic) bond motifs is 1. The van der Waals surface area contributed by atoms with E-state index in [1.807, 2.05) is 17.6 Å². The quantitative estimate of drug-likeness (QED) is 0.764. The maximum atomic E-state index is 4.30. The summed E-state index contributed by atoms with van der Waals surface area (Å²) in [5.74, 6) is 0. The van der Waals surface area contributed by atoms with Crippen molar-refractivity contribution >= 4 is 27.2 Å². The molecule has 0 spiro atoms. The van der Waals surface area contributed by atoms with Gasteiger partial charge in [0.15, 0.2) is 0 Å². The number of hydrogen-bond acceptors (Lipinski definition) is 4. The second kappa shape index (κ2) is 4.51. The van der Waals surface area contributed by atoms with Gasteiger partial charge < -0.3 is 5.32 Å². The molecule has 0 saturated carbocycles. The Morgan fingerprint density at radius 3 is 2.88 bits per heavy atom. The Balaban J connectivity index is 1.76. The minimum Gasteiger partial charge on any atom is -0.381 e. The first-order valence-electron chi connectivity index (χ1n) is 5.38. The average Bonchev–Trinajstić information content (AvgIpc) is 2.85. The second-order valence-electron chi connectivity index (χ2n) is 3.74. The predicted octanol–water partition coefficient (Wildman–Crippen LogP) is 3.30. The number of hydrogen-bond donors (Lipinski definition) is 1. The number of anilines is 1. The summed E-state index contributed by atoms with van der Waals surface area (Å²) in [6.07, 6.45) is 3.61. The van der Waals surface area contributed by atoms with Crippen LogP contribution in [0.1, 0.15) is 5.56 Å². The largest absolute Gasteiger partial charge is 0.381 e. The van der Waals surface area contributed by atoms with Crippen LogP contribution in [0.4, 0.5) is 5.69 Å². The Labute approximate surface area is 103 Å². The molecule has 4 heteroatoms. The van der Waals surface area contributed by atoms with Gasteiger partial charge in [-0.25, -0.2) is 4.98 Å². The van der Waals surface area contributed by atoms with Crippen LogP contribution >= 0.6 is 11.3 Å². The number of aromatic nitrogens is 2. The molecule has 0 aliphatic heterocycles. The van der Waals surface area contributed by atoms with E-state index in [2.05, 4.69) is 33.5 Å². The van der Waals surface area contributed by atoms with Gasteiger partial charge in [0, 0.05) is 24.6 Å². The van der Waals surface area contributed by atoms with Crippen molar-refractivity contribution in [2.75, 3.05) is 5.32 Å². The van der Waals surface area contributed by atoms with Gasteiger partial charge in [0.25, 0.3) is 0 Å². The van der Waals surface area contributed by atoms with Crippen molar-refractivity contribution in [1.82, 2.24) is 9.97 Å². The lowest BCUT2D eigenvalue weighted by Crippen LogP contribution is -1.98. The first-order chi connectivity index (χ1) is 8.42. The Hall–Kier alpha value is -1.94. The summed E-state index contributed by atoms with van der Waals surface area (Å²) in [6, 6.07) is 10.3. The zero-order valence-electron chi connectivity index (χ0n) is 9.13. The average molecular weight is 241 g/mol. The zero-order valence-corrected chi connectivity index (χ0v) is 9.95. The van der Waals surface area contributed by atoms with Crippen molar-refractivity contribution in [1.29, 1.82) is 0 Å². The van der Waals surface area contributed by atoms with Crippen LogP contribution in [0, 0.1) is 0 Å². The highest BCUT2D eigenvalue weighted by molar-refractivity contribution is 7.16. The van der Waals surface area contributed by atoms with Gasteiger partial charge in [0.1, 0.15) is 0 Å². The van der Waals surface area contributed by atoms with Crippen LogP contribution in [0.5, 0.6) is 0 Å². The van der Waals surface area contributed by atoms with E-state index in [-0.39, 0.29) is 0 Å². The molecule has 0 aliphatic carbocycles. The molecule has 3 aromatic rings. The molecule has 17 heavy (non-hydrogen) atoms. The van der Waals surface area contributed by atoms with Crippen LogP contribution in [-0.2, 0) is 6.54 Å². The van der Waals surface area contributed by atoms with Crippen LogP contribution in [0.2, 0.25) is 0 Å². The van der Waals surface area contributed by atoms with Crippen molar-refractivity contribution in [3.8, 4) is 0 Å². The lowest BCUT2D eigenvalue weighted by molar-refractivity contribution is 1.13. The van der Waals surface area contributed by atoms with Crippen molar-refractivity contribution in [2.24, 2.45) is 0 Å². The third-order valence-electron chi connectivity index (χ3n) is 2.58. The second-order valence-corrected chi connectivity index (χ2v) is 4.63. The smallest absolute Gasteiger partial charge is 0.0832 e. The summed E-state index contributed by atoms with van der Waals surface area (Å²) in [5, 5.41) is 3.38. The molecule has 2 heterocycles. The molecule has 0 saturated heterocycles. The molecule has 3 nitrogen and oxygen atoms in total. The number of benzene rings is 1. The molecule has 1 N–H and O–H groups in total. The Morgan fingerprint density at radius 1 is 1.12 bits per heavy atom. The molecular weight excluding hydrogens is 230 g/mol. The fraction of sp³-hybridized carbons (Fsp3) is 0.0769. The van der Waals surface area contributed by atoms with Gasteiger partial charge in [-0.15, -0.1) is 11.3 Å². The van der Waals surface area contributed by atoms with Crippen LogP contribution < -0.4 is 5.32 Å². The molecule has 1 aromatic carbocycles. The van der Waals surface area contributed by atoms with E-state index < -0.39 is 0 Å². The van der Waals surface area contributed by atoms with Crippen LogP contribution in [0.25, 0.3) is 10.2 Å². The van der Waals surface area contributed by atoms with Gasteiger partial charge in [-0.2, -0.15) is 0 Å². The highest BCUT2D eigenvalue weighted by Gasteiger charge is 1.98. The maximum Gasteiger partial charge on any atom is 0.0832 e. The van der Waals surface area contributed by atoms with Gasteiger partial charge in [-0.1, -0.05) is 0 Å². The van der Waals surface area contributed by atoms with Gasteiger partial charge in [-0.3, -0.25) is 4.98 Å². The van der Waals surface area contributed by atoms with E-state index >= 15 is 0 Å². The number of rotatable bonds is 3. The number of thiazole rings is 1. The summed E-state index contributed by atoms with van der Waals surface area (Å²) >= 11 is 1.66. The Morgan fingerprint density at radius 2 is 2.00 bits per heavy atom. The van der Waals surface area contributed by atoms with E-state index in [1.54, 1.807) is 23.7 Å². The molecule has 0 bridgehead atoms. The Bertz CT molecular complexity index is 619. The van der Waals surface area contributed by atoms with E-state index in [4.69, 9.17) is 0 Å². The maximum absolute atomic E-state index is 4.30. The summed E-state index contributed by atoms with van der Waals surface area (Å²) in [6.45, 7) is 0.804. The van der Waals surface area contributed by atoms with Crippen molar-refractivity contribution in [2.45, 2.75) is 6.54 Å². The fourth-order valence-electron chi connectivity index (χ4n) is 1.67. The molecule has 2 aromatic heterocycles. The standard InChI is InChI=1S/C13H11N3S/c1-2-13-12(16-9-17-13)7-11(1)15-8-10-3-5-14-6-4-10/h1-7,9,15H,8H2. The molecule has 0 atom stereocenters. The SMILES string of the molecule is c1cc(CNc2ccc3scnc3c2)ccn1. The van der Waals surface area contributed by atoms with E-state index in [1.165, 1.54) is 10.3 Å². The molecule has 0 unspecified atom stereocenters. The highest BCUT2D eigenvalue weighted by atomic mass is 32.1. The fourth-order valence-corrected chi connectivity index (χ4v) is 2.33. The third-order valence-corrected chi connectivity index (χ3v) is 3.39. The summed E-state index contributed by atoms with van der Waals surface area (Å²) in [7, 11) is 0. The first kappa shape index (κ1) is 10.2. The molecule has 0 fully saturated rings. The molecule has 0 radical (unpaired) electrons. The summed E-state index contributed by atoms with van der Waals surface area (Å²) < 4.78 is 1.22. The van der Waals surface area contributed by atoms with Gasteiger partial charge >= 0.3 is 0 Å². The first-order valence-corrected chi connectivity index (χ1v) is 6.26. The van der Waals surface area contributed by atoms with E-state index in [0.717, 1.165) is 17.7 Å². The molecule has 84 valence electrons. The van der Waals surface area contributed by atoms with Crippen LogP contribution in [0.15, 0.2) is 48.2 Å². The number of nitrogens with zero attached hydrogens (tertiary/aromatic N) is 2.